The molecule has 158 valence electrons. The number of halogens is 1. The number of hydrogen-bond acceptors (Lipinski definition) is 6. The van der Waals surface area contributed by atoms with Crippen LogP contribution in [-0.4, -0.2) is 45.8 Å². The van der Waals surface area contributed by atoms with Crippen LogP contribution in [-0.2, 0) is 9.59 Å². The number of hydrogen-bond donors (Lipinski definition) is 1. The van der Waals surface area contributed by atoms with Crippen LogP contribution < -0.4 is 10.5 Å². The molecule has 31 heavy (non-hydrogen) atoms. The van der Waals surface area contributed by atoms with Gasteiger partial charge in [-0.3, -0.25) is 23.7 Å². The molecule has 1 aliphatic rings. The average Bonchev–Trinajstić information content (AvgIpc) is 3.02. The van der Waals surface area contributed by atoms with Crippen LogP contribution in [0, 0.1) is 0 Å². The lowest BCUT2D eigenvalue weighted by molar-refractivity contribution is -0.138. The number of rotatable bonds is 7. The molecule has 8 nitrogen and oxygen atoms in total. The third kappa shape index (κ3) is 3.82. The van der Waals surface area contributed by atoms with Crippen molar-refractivity contribution in [2.75, 3.05) is 18.5 Å². The van der Waals surface area contributed by atoms with Crippen LogP contribution >= 0.6 is 11.6 Å². The maximum atomic E-state index is 13.1. The van der Waals surface area contributed by atoms with Crippen LogP contribution in [0.1, 0.15) is 35.4 Å². The molecule has 9 heteroatoms. The lowest BCUT2D eigenvalue weighted by Crippen LogP contribution is -2.23. The van der Waals surface area contributed by atoms with Gasteiger partial charge in [0.1, 0.15) is 5.78 Å². The molecule has 1 N–H and O–H groups in total. The predicted octanol–water partition coefficient (Wildman–Crippen LogP) is 2.84. The smallest absolute Gasteiger partial charge is 0.303 e. The lowest BCUT2D eigenvalue weighted by Gasteiger charge is -2.19. The number of benzene rings is 2. The Labute approximate surface area is 181 Å². The molecule has 0 saturated heterocycles. The lowest BCUT2D eigenvalue weighted by atomic mass is 10.1. The first kappa shape index (κ1) is 20.7. The van der Waals surface area contributed by atoms with Crippen molar-refractivity contribution in [1.29, 1.82) is 0 Å². The van der Waals surface area contributed by atoms with Crippen molar-refractivity contribution >= 4 is 45.7 Å². The van der Waals surface area contributed by atoms with Gasteiger partial charge in [-0.15, -0.1) is 0 Å². The Bertz CT molecular complexity index is 1310. The fourth-order valence-corrected chi connectivity index (χ4v) is 3.76. The van der Waals surface area contributed by atoms with Crippen molar-refractivity contribution in [2.24, 2.45) is 0 Å². The molecule has 0 saturated carbocycles. The summed E-state index contributed by atoms with van der Waals surface area (Å²) >= 11 is 6.00. The maximum absolute atomic E-state index is 13.1. The number of Topliss-reactive ketones (excluding diaryl/α,β-unsaturated/α-hetero) is 1. The Kier molecular flexibility index (Phi) is 5.32. The molecule has 0 amide bonds. The van der Waals surface area contributed by atoms with Crippen molar-refractivity contribution in [3.63, 3.8) is 0 Å². The molecule has 0 atom stereocenters. The summed E-state index contributed by atoms with van der Waals surface area (Å²) in [6, 6.07) is 9.87. The van der Waals surface area contributed by atoms with E-state index in [2.05, 4.69) is 4.98 Å². The highest BCUT2D eigenvalue weighted by Crippen LogP contribution is 2.29. The Morgan fingerprint density at radius 3 is 2.61 bits per heavy atom. The summed E-state index contributed by atoms with van der Waals surface area (Å²) in [5, 5.41) is 9.44. The maximum Gasteiger partial charge on any atom is 0.303 e. The quantitative estimate of drug-likeness (QED) is 0.471. The van der Waals surface area contributed by atoms with Crippen LogP contribution in [0.5, 0.6) is 0 Å². The summed E-state index contributed by atoms with van der Waals surface area (Å²) in [5.41, 5.74) is 1.56. The van der Waals surface area contributed by atoms with E-state index >= 15 is 0 Å². The zero-order valence-corrected chi connectivity index (χ0v) is 17.3. The minimum atomic E-state index is -1.000. The molecular weight excluding hydrogens is 422 g/mol. The zero-order chi connectivity index (χ0) is 22.3. The Hall–Kier alpha value is -3.52. The number of carbonyl (C=O) groups is 3. The number of carboxylic acid groups (broad SMARTS) is 1. The van der Waals surface area contributed by atoms with Gasteiger partial charge in [-0.1, -0.05) is 11.6 Å². The van der Waals surface area contributed by atoms with Crippen molar-refractivity contribution in [3.8, 4) is 5.69 Å². The fraction of sp³-hybridized carbons (Fsp3) is 0.227. The molecule has 0 fully saturated rings. The van der Waals surface area contributed by atoms with E-state index in [4.69, 9.17) is 16.7 Å². The van der Waals surface area contributed by atoms with E-state index in [0.717, 1.165) is 5.69 Å². The molecule has 1 aromatic heterocycles. The van der Waals surface area contributed by atoms with E-state index in [-0.39, 0.29) is 42.2 Å². The highest BCUT2D eigenvalue weighted by molar-refractivity contribution is 6.31. The van der Waals surface area contributed by atoms with Crippen LogP contribution in [0.4, 0.5) is 5.69 Å². The molecule has 1 aliphatic heterocycles. The van der Waals surface area contributed by atoms with Gasteiger partial charge in [0.2, 0.25) is 5.78 Å². The number of anilines is 1. The van der Waals surface area contributed by atoms with Gasteiger partial charge in [-0.05, 0) is 36.4 Å². The van der Waals surface area contributed by atoms with E-state index in [1.165, 1.54) is 10.6 Å². The number of fused-ring (bicyclic) bond motifs is 4. The summed E-state index contributed by atoms with van der Waals surface area (Å²) < 4.78 is 1.31. The Morgan fingerprint density at radius 2 is 1.87 bits per heavy atom. The summed E-state index contributed by atoms with van der Waals surface area (Å²) in [7, 11) is 1.79. The molecular formula is C22H18ClN3O5. The SMILES string of the molecule is CN(CCC(=O)CCC(=O)O)c1ccc2c(=O)n3c(nc2c1)C(=O)c1cc(Cl)ccc1-3. The van der Waals surface area contributed by atoms with Gasteiger partial charge in [-0.25, -0.2) is 4.98 Å². The monoisotopic (exact) mass is 439 g/mol. The van der Waals surface area contributed by atoms with E-state index < -0.39 is 5.97 Å². The second kappa shape index (κ2) is 7.96. The first-order chi connectivity index (χ1) is 14.8. The average molecular weight is 440 g/mol. The number of ketones is 2. The van der Waals surface area contributed by atoms with Gasteiger partial charge in [-0.2, -0.15) is 0 Å². The highest BCUT2D eigenvalue weighted by Gasteiger charge is 2.30. The minimum absolute atomic E-state index is 0.00195. The van der Waals surface area contributed by atoms with Crippen molar-refractivity contribution in [3.05, 3.63) is 63.2 Å². The molecule has 0 unspecified atom stereocenters. The molecule has 2 heterocycles. The standard InChI is InChI=1S/C22H18ClN3O5/c1-25(9-8-14(27)4-7-19(28)29)13-3-5-15-17(11-13)24-21-20(30)16-10-12(23)2-6-18(16)26(21)22(15)31/h2-3,5-6,10-11H,4,7-9H2,1H3,(H,28,29). The topological polar surface area (TPSA) is 110 Å². The predicted molar refractivity (Wildman–Crippen MR) is 116 cm³/mol. The van der Waals surface area contributed by atoms with Gasteiger partial charge < -0.3 is 10.0 Å². The number of aliphatic carboxylic acids is 1. The number of carbonyl (C=O) groups excluding carboxylic acids is 2. The first-order valence-electron chi connectivity index (χ1n) is 9.62. The molecule has 0 bridgehead atoms. The molecule has 2 aromatic carbocycles. The molecule has 0 spiro atoms. The second-order valence-electron chi connectivity index (χ2n) is 7.37. The van der Waals surface area contributed by atoms with E-state index in [1.807, 2.05) is 4.90 Å². The third-order valence-electron chi connectivity index (χ3n) is 5.28. The van der Waals surface area contributed by atoms with Crippen LogP contribution in [0.15, 0.2) is 41.2 Å². The summed E-state index contributed by atoms with van der Waals surface area (Å²) in [4.78, 5) is 54.5. The molecule has 4 rings (SSSR count). The minimum Gasteiger partial charge on any atom is -0.481 e. The second-order valence-corrected chi connectivity index (χ2v) is 7.81. The molecule has 0 aliphatic carbocycles. The van der Waals surface area contributed by atoms with Crippen LogP contribution in [0.25, 0.3) is 16.6 Å². The van der Waals surface area contributed by atoms with Crippen molar-refractivity contribution < 1.29 is 19.5 Å². The summed E-state index contributed by atoms with van der Waals surface area (Å²) in [6.07, 6.45) is 0.0216. The number of nitrogens with zero attached hydrogens (tertiary/aromatic N) is 3. The van der Waals surface area contributed by atoms with Crippen molar-refractivity contribution in [2.45, 2.75) is 19.3 Å². The highest BCUT2D eigenvalue weighted by atomic mass is 35.5. The molecule has 3 aromatic rings. The first-order valence-corrected chi connectivity index (χ1v) is 10.00. The van der Waals surface area contributed by atoms with Crippen LogP contribution in [0.2, 0.25) is 5.02 Å². The van der Waals surface area contributed by atoms with Gasteiger partial charge in [0.05, 0.1) is 28.6 Å². The van der Waals surface area contributed by atoms with Crippen LogP contribution in [0.3, 0.4) is 0 Å². The molecule has 0 radical (unpaired) electrons. The third-order valence-corrected chi connectivity index (χ3v) is 5.52. The van der Waals surface area contributed by atoms with Crippen molar-refractivity contribution in [1.82, 2.24) is 9.55 Å². The van der Waals surface area contributed by atoms with E-state index in [9.17, 15) is 19.2 Å². The summed E-state index contributed by atoms with van der Waals surface area (Å²) in [6.45, 7) is 0.386. The number of carboxylic acids is 1. The van der Waals surface area contributed by atoms with Gasteiger partial charge in [0.15, 0.2) is 5.82 Å². The van der Waals surface area contributed by atoms with Gasteiger partial charge >= 0.3 is 5.97 Å². The normalized spacial score (nSPS) is 12.0. The van der Waals surface area contributed by atoms with Gasteiger partial charge in [0, 0.05) is 37.1 Å². The van der Waals surface area contributed by atoms with Gasteiger partial charge in [0.25, 0.3) is 5.56 Å². The fourth-order valence-electron chi connectivity index (χ4n) is 3.59. The van der Waals surface area contributed by atoms with E-state index in [0.29, 0.717) is 33.7 Å². The largest absolute Gasteiger partial charge is 0.481 e. The zero-order valence-electron chi connectivity index (χ0n) is 16.6. The Balaban J connectivity index is 1.63. The van der Waals surface area contributed by atoms with E-state index in [1.54, 1.807) is 37.4 Å². The number of aromatic nitrogens is 2. The summed E-state index contributed by atoms with van der Waals surface area (Å²) in [5.74, 6) is -1.45. The Morgan fingerprint density at radius 1 is 1.10 bits per heavy atom.